The number of hydrogen-bond acceptors (Lipinski definition) is 4. The van der Waals surface area contributed by atoms with Crippen LogP contribution in [0.5, 0.6) is 5.75 Å². The highest BCUT2D eigenvalue weighted by molar-refractivity contribution is 5.49. The first-order valence-corrected chi connectivity index (χ1v) is 7.59. The third kappa shape index (κ3) is 3.69. The number of imidazole rings is 1. The van der Waals surface area contributed by atoms with Crippen LogP contribution in [-0.4, -0.2) is 14.5 Å². The third-order valence-electron chi connectivity index (χ3n) is 3.70. The van der Waals surface area contributed by atoms with Crippen LogP contribution >= 0.6 is 0 Å². The predicted octanol–water partition coefficient (Wildman–Crippen LogP) is 3.57. The van der Waals surface area contributed by atoms with Gasteiger partial charge in [-0.25, -0.2) is 9.97 Å². The highest BCUT2D eigenvalue weighted by atomic mass is 16.5. The number of rotatable bonds is 6. The topological polar surface area (TPSA) is 52.0 Å². The summed E-state index contributed by atoms with van der Waals surface area (Å²) in [6, 6.07) is 14.0. The highest BCUT2D eigenvalue weighted by Crippen LogP contribution is 2.27. The molecule has 2 heterocycles. The van der Waals surface area contributed by atoms with Crippen molar-refractivity contribution in [2.24, 2.45) is 7.05 Å². The van der Waals surface area contributed by atoms with Gasteiger partial charge in [0, 0.05) is 19.4 Å². The van der Waals surface area contributed by atoms with Gasteiger partial charge in [-0.05, 0) is 24.6 Å². The lowest BCUT2D eigenvalue weighted by molar-refractivity contribution is 0.227. The zero-order valence-electron chi connectivity index (χ0n) is 13.3. The maximum atomic E-state index is 6.08. The Labute approximate surface area is 136 Å². The molecule has 0 bridgehead atoms. The van der Waals surface area contributed by atoms with Crippen molar-refractivity contribution in [3.05, 3.63) is 72.4 Å². The number of nitrogens with zero attached hydrogens (tertiary/aromatic N) is 3. The van der Waals surface area contributed by atoms with Crippen LogP contribution in [0.3, 0.4) is 0 Å². The van der Waals surface area contributed by atoms with E-state index in [0.717, 1.165) is 22.8 Å². The molecule has 0 aliphatic heterocycles. The molecule has 0 saturated carbocycles. The third-order valence-corrected chi connectivity index (χ3v) is 3.70. The Balaban J connectivity index is 1.72. The molecule has 0 amide bonds. The summed E-state index contributed by atoms with van der Waals surface area (Å²) in [5, 5.41) is 3.32. The second kappa shape index (κ2) is 6.96. The number of ether oxygens (including phenoxy) is 1. The summed E-state index contributed by atoms with van der Waals surface area (Å²) in [5.74, 6) is 1.47. The number of benzene rings is 1. The summed E-state index contributed by atoms with van der Waals surface area (Å²) in [6.07, 6.45) is 5.33. The Morgan fingerprint density at radius 1 is 1.17 bits per heavy atom. The lowest BCUT2D eigenvalue weighted by Gasteiger charge is -2.17. The van der Waals surface area contributed by atoms with E-state index in [9.17, 15) is 0 Å². The van der Waals surface area contributed by atoms with Crippen molar-refractivity contribution >= 4 is 5.82 Å². The van der Waals surface area contributed by atoms with Crippen LogP contribution in [0.15, 0.2) is 61.2 Å². The molecule has 5 nitrogen and oxygen atoms in total. The Bertz CT molecular complexity index is 754. The average Bonchev–Trinajstić information content (AvgIpc) is 3.00. The molecule has 0 aliphatic carbocycles. The molecule has 1 aromatic carbocycles. The molecule has 1 atom stereocenters. The van der Waals surface area contributed by atoms with Crippen molar-refractivity contribution in [3.63, 3.8) is 0 Å². The van der Waals surface area contributed by atoms with Gasteiger partial charge in [0.1, 0.15) is 6.10 Å². The molecule has 0 unspecified atom stereocenters. The van der Waals surface area contributed by atoms with Crippen LogP contribution in [0.2, 0.25) is 0 Å². The molecule has 5 heteroatoms. The minimum absolute atomic E-state index is 0.0438. The first kappa shape index (κ1) is 15.1. The van der Waals surface area contributed by atoms with E-state index in [2.05, 4.69) is 27.4 Å². The van der Waals surface area contributed by atoms with E-state index in [-0.39, 0.29) is 6.10 Å². The van der Waals surface area contributed by atoms with Gasteiger partial charge in [-0.3, -0.25) is 0 Å². The van der Waals surface area contributed by atoms with Crippen molar-refractivity contribution in [2.75, 3.05) is 5.32 Å². The van der Waals surface area contributed by atoms with Gasteiger partial charge < -0.3 is 14.6 Å². The Hall–Kier alpha value is -2.82. The monoisotopic (exact) mass is 308 g/mol. The molecule has 3 rings (SSSR count). The maximum absolute atomic E-state index is 6.08. The lowest BCUT2D eigenvalue weighted by atomic mass is 10.1. The van der Waals surface area contributed by atoms with E-state index in [1.807, 2.05) is 55.1 Å². The number of aryl methyl sites for hydroxylation is 1. The SMILES string of the molecule is C[C@@H](Oc1cccnc1NCc1cncn1C)c1ccccc1. The molecule has 23 heavy (non-hydrogen) atoms. The standard InChI is InChI=1S/C18H20N4O/c1-14(15-7-4-3-5-8-15)23-17-9-6-10-20-18(17)21-12-16-11-19-13-22(16)2/h3-11,13-14H,12H2,1-2H3,(H,20,21)/t14-/m1/s1. The smallest absolute Gasteiger partial charge is 0.169 e. The summed E-state index contributed by atoms with van der Waals surface area (Å²) in [7, 11) is 1.97. The number of hydrogen-bond donors (Lipinski definition) is 1. The lowest BCUT2D eigenvalue weighted by Crippen LogP contribution is -2.09. The van der Waals surface area contributed by atoms with E-state index >= 15 is 0 Å². The first-order chi connectivity index (χ1) is 11.2. The normalized spacial score (nSPS) is 11.9. The molecule has 0 aliphatic rings. The number of anilines is 1. The van der Waals surface area contributed by atoms with Gasteiger partial charge >= 0.3 is 0 Å². The molecule has 118 valence electrons. The van der Waals surface area contributed by atoms with Gasteiger partial charge in [0.25, 0.3) is 0 Å². The van der Waals surface area contributed by atoms with Crippen LogP contribution in [-0.2, 0) is 13.6 Å². The van der Waals surface area contributed by atoms with Crippen LogP contribution in [0.25, 0.3) is 0 Å². The van der Waals surface area contributed by atoms with Crippen molar-refractivity contribution in [1.29, 1.82) is 0 Å². The van der Waals surface area contributed by atoms with Gasteiger partial charge in [-0.2, -0.15) is 0 Å². The molecular weight excluding hydrogens is 288 g/mol. The number of aromatic nitrogens is 3. The molecule has 0 spiro atoms. The molecule has 1 N–H and O–H groups in total. The number of pyridine rings is 1. The van der Waals surface area contributed by atoms with E-state index in [4.69, 9.17) is 4.74 Å². The van der Waals surface area contributed by atoms with E-state index in [0.29, 0.717) is 6.54 Å². The van der Waals surface area contributed by atoms with Crippen molar-refractivity contribution in [3.8, 4) is 5.75 Å². The van der Waals surface area contributed by atoms with Crippen molar-refractivity contribution in [1.82, 2.24) is 14.5 Å². The van der Waals surface area contributed by atoms with Crippen LogP contribution < -0.4 is 10.1 Å². The fraction of sp³-hybridized carbons (Fsp3) is 0.222. The molecular formula is C18H20N4O. The van der Waals surface area contributed by atoms with Crippen LogP contribution in [0, 0.1) is 0 Å². The summed E-state index contributed by atoms with van der Waals surface area (Å²) in [4.78, 5) is 8.50. The van der Waals surface area contributed by atoms with E-state index in [1.54, 1.807) is 12.5 Å². The maximum Gasteiger partial charge on any atom is 0.169 e. The fourth-order valence-corrected chi connectivity index (χ4v) is 2.33. The molecule has 0 radical (unpaired) electrons. The highest BCUT2D eigenvalue weighted by Gasteiger charge is 2.11. The molecule has 3 aromatic rings. The minimum atomic E-state index is -0.0438. The minimum Gasteiger partial charge on any atom is -0.482 e. The largest absolute Gasteiger partial charge is 0.482 e. The second-order valence-corrected chi connectivity index (χ2v) is 5.37. The molecule has 0 fully saturated rings. The summed E-state index contributed by atoms with van der Waals surface area (Å²) >= 11 is 0. The van der Waals surface area contributed by atoms with Gasteiger partial charge in [-0.15, -0.1) is 0 Å². The van der Waals surface area contributed by atoms with Crippen molar-refractivity contribution in [2.45, 2.75) is 19.6 Å². The fourth-order valence-electron chi connectivity index (χ4n) is 2.33. The van der Waals surface area contributed by atoms with E-state index in [1.165, 1.54) is 0 Å². The van der Waals surface area contributed by atoms with Gasteiger partial charge in [0.05, 0.1) is 18.6 Å². The molecule has 2 aromatic heterocycles. The van der Waals surface area contributed by atoms with Crippen LogP contribution in [0.1, 0.15) is 24.3 Å². The predicted molar refractivity (Wildman–Crippen MR) is 90.3 cm³/mol. The quantitative estimate of drug-likeness (QED) is 0.756. The number of nitrogens with one attached hydrogen (secondary N) is 1. The van der Waals surface area contributed by atoms with E-state index < -0.39 is 0 Å². The van der Waals surface area contributed by atoms with Gasteiger partial charge in [-0.1, -0.05) is 30.3 Å². The van der Waals surface area contributed by atoms with Crippen molar-refractivity contribution < 1.29 is 4.74 Å². The first-order valence-electron chi connectivity index (χ1n) is 7.59. The summed E-state index contributed by atoms with van der Waals surface area (Å²) < 4.78 is 8.06. The summed E-state index contributed by atoms with van der Waals surface area (Å²) in [6.45, 7) is 2.68. The van der Waals surface area contributed by atoms with Crippen LogP contribution in [0.4, 0.5) is 5.82 Å². The Morgan fingerprint density at radius 2 is 2.00 bits per heavy atom. The average molecular weight is 308 g/mol. The molecule has 0 saturated heterocycles. The Kier molecular flexibility index (Phi) is 4.57. The zero-order chi connectivity index (χ0) is 16.1. The second-order valence-electron chi connectivity index (χ2n) is 5.37. The zero-order valence-corrected chi connectivity index (χ0v) is 13.3. The Morgan fingerprint density at radius 3 is 2.74 bits per heavy atom. The summed E-state index contributed by atoms with van der Waals surface area (Å²) in [5.41, 5.74) is 2.21. The van der Waals surface area contributed by atoms with Gasteiger partial charge in [0.2, 0.25) is 0 Å². The van der Waals surface area contributed by atoms with Gasteiger partial charge in [0.15, 0.2) is 11.6 Å².